The minimum atomic E-state index is 0.339. The first-order valence-electron chi connectivity index (χ1n) is 8.62. The van der Waals surface area contributed by atoms with Crippen LogP contribution >= 0.6 is 0 Å². The van der Waals surface area contributed by atoms with E-state index >= 15 is 0 Å². The van der Waals surface area contributed by atoms with Gasteiger partial charge in [0.05, 0.1) is 0 Å². The van der Waals surface area contributed by atoms with Crippen LogP contribution in [-0.2, 0) is 0 Å². The van der Waals surface area contributed by atoms with Gasteiger partial charge in [-0.05, 0) is 63.6 Å². The highest BCUT2D eigenvalue weighted by molar-refractivity contribution is 4.88. The molecule has 1 fully saturated rings. The molecule has 20 heavy (non-hydrogen) atoms. The fraction of sp³-hybridized carbons (Fsp3) is 1.00. The van der Waals surface area contributed by atoms with Crippen molar-refractivity contribution in [2.45, 2.75) is 58.8 Å². The van der Waals surface area contributed by atoms with Gasteiger partial charge in [0.25, 0.3) is 0 Å². The molecule has 1 saturated carbocycles. The molecule has 0 unspecified atom stereocenters. The lowest BCUT2D eigenvalue weighted by atomic mass is 9.70. The zero-order chi connectivity index (χ0) is 14.8. The maximum Gasteiger partial charge on any atom is 0.0431 e. The van der Waals surface area contributed by atoms with Crippen molar-refractivity contribution in [2.24, 2.45) is 11.3 Å². The molecule has 0 atom stereocenters. The number of hydrogen-bond donors (Lipinski definition) is 2. The van der Waals surface area contributed by atoms with E-state index in [1.165, 1.54) is 51.7 Å². The summed E-state index contributed by atoms with van der Waals surface area (Å²) in [5.74, 6) is 0.916. The standard InChI is InChI=1S/C17H36N2O/c1-4-18-14-17(10-8-16(2)9-11-17)15-19(3)12-6-5-7-13-20/h16,18,20H,4-15H2,1-3H3. The van der Waals surface area contributed by atoms with Gasteiger partial charge in [0.2, 0.25) is 0 Å². The normalized spacial score (nSPS) is 27.1. The largest absolute Gasteiger partial charge is 0.396 e. The van der Waals surface area contributed by atoms with Gasteiger partial charge in [0, 0.05) is 19.7 Å². The smallest absolute Gasteiger partial charge is 0.0431 e. The molecule has 120 valence electrons. The third-order valence-electron chi connectivity index (χ3n) is 4.89. The second-order valence-corrected chi connectivity index (χ2v) is 6.98. The highest BCUT2D eigenvalue weighted by atomic mass is 16.2. The second kappa shape index (κ2) is 9.75. The number of nitrogens with one attached hydrogen (secondary N) is 1. The maximum absolute atomic E-state index is 8.83. The van der Waals surface area contributed by atoms with Crippen LogP contribution in [0.5, 0.6) is 0 Å². The van der Waals surface area contributed by atoms with Crippen molar-refractivity contribution in [1.29, 1.82) is 0 Å². The minimum absolute atomic E-state index is 0.339. The van der Waals surface area contributed by atoms with Gasteiger partial charge in [-0.2, -0.15) is 0 Å². The van der Waals surface area contributed by atoms with Crippen molar-refractivity contribution in [3.8, 4) is 0 Å². The Balaban J connectivity index is 2.39. The quantitative estimate of drug-likeness (QED) is 0.606. The monoisotopic (exact) mass is 284 g/mol. The first-order valence-corrected chi connectivity index (χ1v) is 8.62. The number of aliphatic hydroxyl groups excluding tert-OH is 1. The Bertz CT molecular complexity index is 232. The van der Waals surface area contributed by atoms with Gasteiger partial charge < -0.3 is 15.3 Å². The third kappa shape index (κ3) is 6.55. The summed E-state index contributed by atoms with van der Waals surface area (Å²) >= 11 is 0. The fourth-order valence-electron chi connectivity index (χ4n) is 3.48. The van der Waals surface area contributed by atoms with E-state index in [2.05, 4.69) is 31.1 Å². The molecule has 3 nitrogen and oxygen atoms in total. The van der Waals surface area contributed by atoms with E-state index in [9.17, 15) is 0 Å². The molecule has 0 radical (unpaired) electrons. The van der Waals surface area contributed by atoms with Gasteiger partial charge in [0.15, 0.2) is 0 Å². The summed E-state index contributed by atoms with van der Waals surface area (Å²) in [5.41, 5.74) is 0.494. The number of nitrogens with zero attached hydrogens (tertiary/aromatic N) is 1. The van der Waals surface area contributed by atoms with Crippen molar-refractivity contribution < 1.29 is 5.11 Å². The van der Waals surface area contributed by atoms with E-state index in [4.69, 9.17) is 5.11 Å². The van der Waals surface area contributed by atoms with Gasteiger partial charge >= 0.3 is 0 Å². The van der Waals surface area contributed by atoms with Crippen LogP contribution in [-0.4, -0.2) is 49.8 Å². The molecule has 0 aliphatic heterocycles. The van der Waals surface area contributed by atoms with E-state index in [1.807, 2.05) is 0 Å². The zero-order valence-corrected chi connectivity index (χ0v) is 14.0. The topological polar surface area (TPSA) is 35.5 Å². The van der Waals surface area contributed by atoms with Crippen molar-refractivity contribution >= 4 is 0 Å². The van der Waals surface area contributed by atoms with Crippen LogP contribution in [0.25, 0.3) is 0 Å². The Morgan fingerprint density at radius 3 is 2.50 bits per heavy atom. The summed E-state index contributed by atoms with van der Waals surface area (Å²) in [6.07, 6.45) is 8.86. The summed E-state index contributed by atoms with van der Waals surface area (Å²) in [5, 5.41) is 12.4. The summed E-state index contributed by atoms with van der Waals surface area (Å²) in [7, 11) is 2.27. The molecule has 0 spiro atoms. The Morgan fingerprint density at radius 1 is 1.20 bits per heavy atom. The van der Waals surface area contributed by atoms with Crippen molar-refractivity contribution in [1.82, 2.24) is 10.2 Å². The van der Waals surface area contributed by atoms with Crippen LogP contribution in [0.3, 0.4) is 0 Å². The van der Waals surface area contributed by atoms with Crippen LogP contribution in [0, 0.1) is 11.3 Å². The summed E-state index contributed by atoms with van der Waals surface area (Å²) in [6.45, 7) is 9.60. The Hall–Kier alpha value is -0.120. The predicted octanol–water partition coefficient (Wildman–Crippen LogP) is 2.89. The van der Waals surface area contributed by atoms with Crippen LogP contribution in [0.4, 0.5) is 0 Å². The number of unbranched alkanes of at least 4 members (excludes halogenated alkanes) is 2. The van der Waals surface area contributed by atoms with Gasteiger partial charge in [0.1, 0.15) is 0 Å². The molecule has 2 N–H and O–H groups in total. The van der Waals surface area contributed by atoms with Crippen LogP contribution in [0.2, 0.25) is 0 Å². The highest BCUT2D eigenvalue weighted by Gasteiger charge is 2.34. The molecule has 0 amide bonds. The van der Waals surface area contributed by atoms with Gasteiger partial charge in [-0.25, -0.2) is 0 Å². The van der Waals surface area contributed by atoms with Crippen molar-refractivity contribution in [3.05, 3.63) is 0 Å². The molecule has 0 saturated heterocycles. The molecule has 0 aromatic carbocycles. The molecular formula is C17H36N2O. The Labute approximate surface area is 126 Å². The minimum Gasteiger partial charge on any atom is -0.396 e. The van der Waals surface area contributed by atoms with Crippen LogP contribution in [0.15, 0.2) is 0 Å². The second-order valence-electron chi connectivity index (χ2n) is 6.98. The number of rotatable bonds is 10. The number of hydrogen-bond acceptors (Lipinski definition) is 3. The SMILES string of the molecule is CCNCC1(CN(C)CCCCCO)CCC(C)CC1. The van der Waals surface area contributed by atoms with E-state index in [-0.39, 0.29) is 0 Å². The summed E-state index contributed by atoms with van der Waals surface area (Å²) < 4.78 is 0. The number of aliphatic hydroxyl groups is 1. The fourth-order valence-corrected chi connectivity index (χ4v) is 3.48. The lowest BCUT2D eigenvalue weighted by molar-refractivity contribution is 0.0983. The van der Waals surface area contributed by atoms with Gasteiger partial charge in [-0.1, -0.05) is 26.7 Å². The van der Waals surface area contributed by atoms with Crippen molar-refractivity contribution in [3.63, 3.8) is 0 Å². The molecule has 0 aromatic heterocycles. The van der Waals surface area contributed by atoms with Crippen LogP contribution < -0.4 is 5.32 Å². The maximum atomic E-state index is 8.83. The first kappa shape index (κ1) is 17.9. The zero-order valence-electron chi connectivity index (χ0n) is 14.0. The lowest BCUT2D eigenvalue weighted by Gasteiger charge is -2.42. The predicted molar refractivity (Wildman–Crippen MR) is 87.0 cm³/mol. The summed E-state index contributed by atoms with van der Waals surface area (Å²) in [4.78, 5) is 2.52. The first-order chi connectivity index (χ1) is 9.62. The Morgan fingerprint density at radius 2 is 1.90 bits per heavy atom. The highest BCUT2D eigenvalue weighted by Crippen LogP contribution is 2.39. The molecule has 1 aliphatic carbocycles. The third-order valence-corrected chi connectivity index (χ3v) is 4.89. The van der Waals surface area contributed by atoms with E-state index < -0.39 is 0 Å². The average molecular weight is 284 g/mol. The Kier molecular flexibility index (Phi) is 8.74. The van der Waals surface area contributed by atoms with Gasteiger partial charge in [-0.15, -0.1) is 0 Å². The molecule has 1 aliphatic rings. The van der Waals surface area contributed by atoms with E-state index in [1.54, 1.807) is 0 Å². The molecule has 3 heteroatoms. The van der Waals surface area contributed by atoms with Gasteiger partial charge in [-0.3, -0.25) is 0 Å². The van der Waals surface area contributed by atoms with E-state index in [0.717, 1.165) is 25.3 Å². The molecular weight excluding hydrogens is 248 g/mol. The molecule has 0 heterocycles. The van der Waals surface area contributed by atoms with E-state index in [0.29, 0.717) is 12.0 Å². The summed E-state index contributed by atoms with van der Waals surface area (Å²) in [6, 6.07) is 0. The molecule has 1 rings (SSSR count). The van der Waals surface area contributed by atoms with Crippen LogP contribution in [0.1, 0.15) is 58.8 Å². The average Bonchev–Trinajstić information content (AvgIpc) is 2.45. The van der Waals surface area contributed by atoms with Crippen molar-refractivity contribution in [2.75, 3.05) is 39.8 Å². The lowest BCUT2D eigenvalue weighted by Crippen LogP contribution is -2.45. The molecule has 0 aromatic rings. The molecule has 0 bridgehead atoms.